The molecule has 0 aliphatic carbocycles. The van der Waals surface area contributed by atoms with Crippen molar-refractivity contribution in [1.82, 2.24) is 0 Å². The second-order valence-electron chi connectivity index (χ2n) is 3.33. The summed E-state index contributed by atoms with van der Waals surface area (Å²) in [6, 6.07) is 0. The van der Waals surface area contributed by atoms with Crippen LogP contribution in [0.15, 0.2) is 12.2 Å². The van der Waals surface area contributed by atoms with Crippen LogP contribution in [0, 0.1) is 23.3 Å². The molecule has 0 fully saturated rings. The quantitative estimate of drug-likeness (QED) is 0.439. The molecule has 12 heavy (non-hydrogen) atoms. The molecule has 0 aliphatic rings. The summed E-state index contributed by atoms with van der Waals surface area (Å²) < 4.78 is 0. The van der Waals surface area contributed by atoms with E-state index in [1.54, 1.807) is 12.2 Å². The summed E-state index contributed by atoms with van der Waals surface area (Å²) in [5.41, 5.74) is 3.17. The predicted molar refractivity (Wildman–Crippen MR) is 55.1 cm³/mol. The Labute approximate surface area is 75.5 Å². The van der Waals surface area contributed by atoms with E-state index in [0.29, 0.717) is 0 Å². The lowest BCUT2D eigenvalue weighted by molar-refractivity contribution is 0.350. The molecule has 0 heterocycles. The standard InChI is InChI=1S/C10H14OSi/c1-12(2,3)10-8-6-4-5-7-9-11/h4,6,11H,9H2,1-3H3. The number of rotatable bonds is 0. The molecule has 0 aromatic heterocycles. The Morgan fingerprint density at radius 2 is 1.75 bits per heavy atom. The lowest BCUT2D eigenvalue weighted by atomic mass is 10.5. The minimum atomic E-state index is -1.24. The maximum Gasteiger partial charge on any atom is 0.129 e. The van der Waals surface area contributed by atoms with Crippen molar-refractivity contribution in [3.05, 3.63) is 12.2 Å². The van der Waals surface area contributed by atoms with Gasteiger partial charge in [0.25, 0.3) is 0 Å². The zero-order chi connectivity index (χ0) is 9.45. The molecule has 1 N–H and O–H groups in total. The van der Waals surface area contributed by atoms with Crippen LogP contribution < -0.4 is 0 Å². The second-order valence-corrected chi connectivity index (χ2v) is 8.08. The van der Waals surface area contributed by atoms with E-state index >= 15 is 0 Å². The van der Waals surface area contributed by atoms with Gasteiger partial charge in [-0.3, -0.25) is 0 Å². The van der Waals surface area contributed by atoms with Crippen molar-refractivity contribution < 1.29 is 5.11 Å². The molecule has 0 radical (unpaired) electrons. The average molecular weight is 178 g/mol. The fourth-order valence-corrected chi connectivity index (χ4v) is 0.962. The van der Waals surface area contributed by atoms with E-state index in [0.717, 1.165) is 0 Å². The average Bonchev–Trinajstić information content (AvgIpc) is 1.94. The monoisotopic (exact) mass is 178 g/mol. The van der Waals surface area contributed by atoms with Crippen LogP contribution in [0.1, 0.15) is 0 Å². The second kappa shape index (κ2) is 5.66. The molecule has 0 aliphatic heterocycles. The Morgan fingerprint density at radius 3 is 2.25 bits per heavy atom. The Hall–Kier alpha value is -0.963. The summed E-state index contributed by atoms with van der Waals surface area (Å²) in [5, 5.41) is 8.32. The van der Waals surface area contributed by atoms with Gasteiger partial charge >= 0.3 is 0 Å². The van der Waals surface area contributed by atoms with E-state index in [1.165, 1.54) is 0 Å². The van der Waals surface area contributed by atoms with Crippen molar-refractivity contribution in [2.24, 2.45) is 0 Å². The van der Waals surface area contributed by atoms with E-state index < -0.39 is 8.07 Å². The Bertz CT molecular complexity index is 262. The van der Waals surface area contributed by atoms with Crippen LogP contribution in [-0.2, 0) is 0 Å². The van der Waals surface area contributed by atoms with Gasteiger partial charge in [0.2, 0.25) is 0 Å². The lowest BCUT2D eigenvalue weighted by Crippen LogP contribution is -2.16. The van der Waals surface area contributed by atoms with Crippen molar-refractivity contribution >= 4 is 8.07 Å². The van der Waals surface area contributed by atoms with Gasteiger partial charge in [-0.2, -0.15) is 0 Å². The highest BCUT2D eigenvalue weighted by Crippen LogP contribution is 1.95. The molecule has 2 heteroatoms. The summed E-state index contributed by atoms with van der Waals surface area (Å²) in [4.78, 5) is 0. The van der Waals surface area contributed by atoms with Crippen molar-refractivity contribution in [3.8, 4) is 23.3 Å². The first kappa shape index (κ1) is 11.0. The van der Waals surface area contributed by atoms with Crippen molar-refractivity contribution in [1.29, 1.82) is 0 Å². The van der Waals surface area contributed by atoms with Crippen LogP contribution in [0.5, 0.6) is 0 Å². The largest absolute Gasteiger partial charge is 0.384 e. The first-order chi connectivity index (χ1) is 5.56. The van der Waals surface area contributed by atoms with Crippen LogP contribution in [-0.4, -0.2) is 19.8 Å². The van der Waals surface area contributed by atoms with Gasteiger partial charge in [0.15, 0.2) is 0 Å². The third kappa shape index (κ3) is 9.04. The molecule has 0 aromatic carbocycles. The topological polar surface area (TPSA) is 20.2 Å². The maximum absolute atomic E-state index is 8.32. The van der Waals surface area contributed by atoms with Gasteiger partial charge in [0, 0.05) is 0 Å². The first-order valence-corrected chi connectivity index (χ1v) is 7.33. The molecule has 0 spiro atoms. The summed E-state index contributed by atoms with van der Waals surface area (Å²) in [6.45, 7) is 6.47. The number of allylic oxidation sites excluding steroid dienone is 2. The van der Waals surface area contributed by atoms with Crippen molar-refractivity contribution in [2.75, 3.05) is 6.61 Å². The fourth-order valence-electron chi connectivity index (χ4n) is 0.446. The molecule has 0 bridgehead atoms. The third-order valence-corrected chi connectivity index (χ3v) is 1.77. The molecule has 1 nitrogen and oxygen atoms in total. The number of aliphatic hydroxyl groups is 1. The summed E-state index contributed by atoms with van der Waals surface area (Å²) in [6.07, 6.45) is 3.38. The van der Waals surface area contributed by atoms with Gasteiger partial charge < -0.3 is 5.11 Å². The molecular formula is C10H14OSi. The highest BCUT2D eigenvalue weighted by molar-refractivity contribution is 6.83. The summed E-state index contributed by atoms with van der Waals surface area (Å²) in [5.74, 6) is 8.09. The van der Waals surface area contributed by atoms with E-state index in [-0.39, 0.29) is 6.61 Å². The minimum Gasteiger partial charge on any atom is -0.384 e. The SMILES string of the molecule is C[Si](C)(C)C#CC=CC#CCO. The first-order valence-electron chi connectivity index (χ1n) is 3.83. The molecule has 0 amide bonds. The van der Waals surface area contributed by atoms with Crippen LogP contribution >= 0.6 is 0 Å². The lowest BCUT2D eigenvalue weighted by Gasteiger charge is -2.01. The molecule has 0 saturated carbocycles. The van der Waals surface area contributed by atoms with Gasteiger partial charge in [0.1, 0.15) is 14.7 Å². The number of hydrogen-bond acceptors (Lipinski definition) is 1. The zero-order valence-electron chi connectivity index (χ0n) is 7.81. The van der Waals surface area contributed by atoms with E-state index in [9.17, 15) is 0 Å². The molecule has 0 atom stereocenters. The Balaban J connectivity index is 3.95. The summed E-state index contributed by atoms with van der Waals surface area (Å²) in [7, 11) is -1.24. The van der Waals surface area contributed by atoms with E-state index in [4.69, 9.17) is 5.11 Å². The molecule has 0 unspecified atom stereocenters. The highest BCUT2D eigenvalue weighted by atomic mass is 28.3. The van der Waals surface area contributed by atoms with Gasteiger partial charge in [-0.25, -0.2) is 0 Å². The van der Waals surface area contributed by atoms with Gasteiger partial charge in [0.05, 0.1) is 0 Å². The van der Waals surface area contributed by atoms with E-state index in [1.807, 2.05) is 0 Å². The minimum absolute atomic E-state index is 0.0915. The maximum atomic E-state index is 8.32. The highest BCUT2D eigenvalue weighted by Gasteiger charge is 2.06. The Kier molecular flexibility index (Phi) is 5.20. The van der Waals surface area contributed by atoms with Crippen LogP contribution in [0.2, 0.25) is 19.6 Å². The summed E-state index contributed by atoms with van der Waals surface area (Å²) >= 11 is 0. The third-order valence-electron chi connectivity index (χ3n) is 0.878. The molecule has 0 aromatic rings. The fraction of sp³-hybridized carbons (Fsp3) is 0.400. The van der Waals surface area contributed by atoms with Crippen LogP contribution in [0.25, 0.3) is 0 Å². The van der Waals surface area contributed by atoms with Crippen LogP contribution in [0.3, 0.4) is 0 Å². The van der Waals surface area contributed by atoms with Crippen molar-refractivity contribution in [2.45, 2.75) is 19.6 Å². The molecule has 64 valence electrons. The molecule has 0 saturated heterocycles. The number of hydrogen-bond donors (Lipinski definition) is 1. The zero-order valence-corrected chi connectivity index (χ0v) is 8.81. The predicted octanol–water partition coefficient (Wildman–Crippen LogP) is 1.42. The molecule has 0 rings (SSSR count). The number of aliphatic hydroxyl groups excluding tert-OH is 1. The van der Waals surface area contributed by atoms with Crippen molar-refractivity contribution in [3.63, 3.8) is 0 Å². The Morgan fingerprint density at radius 1 is 1.17 bits per heavy atom. The van der Waals surface area contributed by atoms with Crippen LogP contribution in [0.4, 0.5) is 0 Å². The molecular weight excluding hydrogens is 164 g/mol. The van der Waals surface area contributed by atoms with E-state index in [2.05, 4.69) is 42.9 Å². The van der Waals surface area contributed by atoms with Gasteiger partial charge in [-0.15, -0.1) is 5.54 Å². The smallest absolute Gasteiger partial charge is 0.129 e. The normalized spacial score (nSPS) is 10.0. The van der Waals surface area contributed by atoms with Gasteiger partial charge in [-0.05, 0) is 12.2 Å². The van der Waals surface area contributed by atoms with Gasteiger partial charge in [-0.1, -0.05) is 37.4 Å².